The molecule has 1 aliphatic heterocycles. The number of nitrogens with one attached hydrogen (secondary N) is 1. The molecule has 33 heavy (non-hydrogen) atoms. The Balaban J connectivity index is 1.23. The number of hydrogen-bond acceptors (Lipinski definition) is 5. The zero-order valence-corrected chi connectivity index (χ0v) is 19.7. The van der Waals surface area contributed by atoms with Crippen molar-refractivity contribution in [3.63, 3.8) is 0 Å². The molecule has 1 aliphatic carbocycles. The maximum atomic E-state index is 12.2. The van der Waals surface area contributed by atoms with Crippen molar-refractivity contribution in [3.05, 3.63) is 48.2 Å². The molecule has 1 saturated heterocycles. The summed E-state index contributed by atoms with van der Waals surface area (Å²) in [7, 11) is 0. The van der Waals surface area contributed by atoms with E-state index in [1.807, 2.05) is 57.2 Å². The van der Waals surface area contributed by atoms with Crippen molar-refractivity contribution in [3.8, 4) is 17.0 Å². The highest BCUT2D eigenvalue weighted by molar-refractivity contribution is 5.95. The summed E-state index contributed by atoms with van der Waals surface area (Å²) in [6, 6.07) is 11.7. The van der Waals surface area contributed by atoms with E-state index in [2.05, 4.69) is 10.3 Å². The summed E-state index contributed by atoms with van der Waals surface area (Å²) in [4.78, 5) is 30.6. The van der Waals surface area contributed by atoms with Crippen molar-refractivity contribution < 1.29 is 19.1 Å². The van der Waals surface area contributed by atoms with E-state index in [1.54, 1.807) is 11.1 Å². The number of pyridine rings is 1. The van der Waals surface area contributed by atoms with Crippen LogP contribution in [0.15, 0.2) is 42.6 Å². The third-order valence-electron chi connectivity index (χ3n) is 5.84. The van der Waals surface area contributed by atoms with Crippen molar-refractivity contribution in [1.82, 2.24) is 15.2 Å². The number of benzene rings is 1. The number of likely N-dealkylation sites (tertiary alicyclic amines) is 1. The summed E-state index contributed by atoms with van der Waals surface area (Å²) >= 11 is 0. The lowest BCUT2D eigenvalue weighted by atomic mass is 9.98. The molecule has 2 fully saturated rings. The van der Waals surface area contributed by atoms with Gasteiger partial charge in [0.05, 0.1) is 18.5 Å². The molecule has 2 amide bonds. The third kappa shape index (κ3) is 6.70. The summed E-state index contributed by atoms with van der Waals surface area (Å²) in [6.45, 7) is 7.63. The quantitative estimate of drug-likeness (QED) is 0.691. The molecule has 1 aromatic heterocycles. The highest BCUT2D eigenvalue weighted by atomic mass is 16.6. The van der Waals surface area contributed by atoms with Crippen molar-refractivity contribution in [2.75, 3.05) is 19.7 Å². The van der Waals surface area contributed by atoms with Crippen molar-refractivity contribution in [2.45, 2.75) is 58.1 Å². The van der Waals surface area contributed by atoms with Gasteiger partial charge in [-0.05, 0) is 76.6 Å². The van der Waals surface area contributed by atoms with E-state index in [0.29, 0.717) is 37.2 Å². The third-order valence-corrected chi connectivity index (χ3v) is 5.84. The molecule has 0 atom stereocenters. The van der Waals surface area contributed by atoms with Crippen LogP contribution in [0.3, 0.4) is 0 Å². The summed E-state index contributed by atoms with van der Waals surface area (Å²) < 4.78 is 11.4. The van der Waals surface area contributed by atoms with Crippen LogP contribution in [0.25, 0.3) is 11.3 Å². The van der Waals surface area contributed by atoms with Crippen LogP contribution in [0, 0.1) is 5.92 Å². The molecule has 1 N–H and O–H groups in total. The highest BCUT2D eigenvalue weighted by Crippen LogP contribution is 2.24. The molecule has 1 aromatic carbocycles. The van der Waals surface area contributed by atoms with Crippen LogP contribution in [-0.2, 0) is 4.74 Å². The Morgan fingerprint density at radius 3 is 2.30 bits per heavy atom. The summed E-state index contributed by atoms with van der Waals surface area (Å²) in [5.41, 5.74) is 1.99. The van der Waals surface area contributed by atoms with Gasteiger partial charge in [-0.1, -0.05) is 12.1 Å². The molecule has 176 valence electrons. The average Bonchev–Trinajstić information content (AvgIpc) is 3.61. The fourth-order valence-electron chi connectivity index (χ4n) is 3.75. The topological polar surface area (TPSA) is 80.8 Å². The molecule has 2 aliphatic rings. The Hall–Kier alpha value is -3.09. The van der Waals surface area contributed by atoms with Crippen molar-refractivity contribution in [2.24, 2.45) is 5.92 Å². The van der Waals surface area contributed by atoms with Gasteiger partial charge >= 0.3 is 6.09 Å². The maximum absolute atomic E-state index is 12.2. The minimum atomic E-state index is -0.469. The number of amides is 2. The standard InChI is InChI=1S/C26H33N3O4/c1-26(2,3)33-25(31)29-14-12-18(13-15-29)17-32-22-10-11-23(27-16-22)19-4-6-20(7-5-19)24(30)28-21-8-9-21/h4-7,10-11,16,18,21H,8-9,12-15,17H2,1-3H3,(H,28,30). The maximum Gasteiger partial charge on any atom is 0.410 e. The first-order valence-electron chi connectivity index (χ1n) is 11.7. The first-order valence-corrected chi connectivity index (χ1v) is 11.7. The number of aromatic nitrogens is 1. The Labute approximate surface area is 195 Å². The predicted octanol–water partition coefficient (Wildman–Crippen LogP) is 4.67. The van der Waals surface area contributed by atoms with Gasteiger partial charge in [0.15, 0.2) is 0 Å². The van der Waals surface area contributed by atoms with E-state index in [1.165, 1.54) is 0 Å². The van der Waals surface area contributed by atoms with Gasteiger partial charge in [0.2, 0.25) is 0 Å². The average molecular weight is 452 g/mol. The van der Waals surface area contributed by atoms with Crippen LogP contribution in [0.1, 0.15) is 56.8 Å². The van der Waals surface area contributed by atoms with Gasteiger partial charge in [0.1, 0.15) is 11.4 Å². The van der Waals surface area contributed by atoms with E-state index in [-0.39, 0.29) is 12.0 Å². The summed E-state index contributed by atoms with van der Waals surface area (Å²) in [5.74, 6) is 1.11. The van der Waals surface area contributed by atoms with Gasteiger partial charge in [-0.25, -0.2) is 4.79 Å². The number of carbonyl (C=O) groups is 2. The van der Waals surface area contributed by atoms with Crippen LogP contribution in [0.4, 0.5) is 4.79 Å². The molecule has 7 heteroatoms. The van der Waals surface area contributed by atoms with E-state index in [4.69, 9.17) is 9.47 Å². The molecule has 7 nitrogen and oxygen atoms in total. The Morgan fingerprint density at radius 2 is 1.73 bits per heavy atom. The fraction of sp³-hybridized carbons (Fsp3) is 0.500. The molecule has 0 bridgehead atoms. The van der Waals surface area contributed by atoms with Gasteiger partial charge in [0, 0.05) is 30.3 Å². The second kappa shape index (κ2) is 9.81. The zero-order valence-electron chi connectivity index (χ0n) is 19.7. The van der Waals surface area contributed by atoms with E-state index >= 15 is 0 Å². The Morgan fingerprint density at radius 1 is 1.03 bits per heavy atom. The Kier molecular flexibility index (Phi) is 6.86. The normalized spacial score (nSPS) is 16.9. The lowest BCUT2D eigenvalue weighted by Gasteiger charge is -2.33. The zero-order chi connectivity index (χ0) is 23.4. The second-order valence-corrected chi connectivity index (χ2v) is 9.93. The van der Waals surface area contributed by atoms with E-state index in [9.17, 15) is 9.59 Å². The van der Waals surface area contributed by atoms with Crippen LogP contribution in [-0.4, -0.2) is 53.2 Å². The lowest BCUT2D eigenvalue weighted by molar-refractivity contribution is 0.0165. The molecule has 2 aromatic rings. The minimum Gasteiger partial charge on any atom is -0.492 e. The fourth-order valence-corrected chi connectivity index (χ4v) is 3.75. The number of piperidine rings is 1. The second-order valence-electron chi connectivity index (χ2n) is 9.93. The molecule has 0 unspecified atom stereocenters. The van der Waals surface area contributed by atoms with Gasteiger partial charge in [-0.3, -0.25) is 9.78 Å². The first kappa shape index (κ1) is 23.1. The number of rotatable bonds is 6. The monoisotopic (exact) mass is 451 g/mol. The van der Waals surface area contributed by atoms with Gasteiger partial charge in [0.25, 0.3) is 5.91 Å². The first-order chi connectivity index (χ1) is 15.8. The molecular formula is C26H33N3O4. The van der Waals surface area contributed by atoms with Crippen LogP contribution < -0.4 is 10.1 Å². The van der Waals surface area contributed by atoms with Gasteiger partial charge in [-0.2, -0.15) is 0 Å². The molecule has 0 spiro atoms. The van der Waals surface area contributed by atoms with Crippen LogP contribution in [0.2, 0.25) is 0 Å². The predicted molar refractivity (Wildman–Crippen MR) is 126 cm³/mol. The number of nitrogens with zero attached hydrogens (tertiary/aromatic N) is 2. The molecule has 0 radical (unpaired) electrons. The van der Waals surface area contributed by atoms with Crippen LogP contribution in [0.5, 0.6) is 5.75 Å². The minimum absolute atomic E-state index is 0.0160. The number of ether oxygens (including phenoxy) is 2. The SMILES string of the molecule is CC(C)(C)OC(=O)N1CCC(COc2ccc(-c3ccc(C(=O)NC4CC4)cc3)nc2)CC1. The Bertz CT molecular complexity index is 955. The molecule has 1 saturated carbocycles. The lowest BCUT2D eigenvalue weighted by Crippen LogP contribution is -2.42. The van der Waals surface area contributed by atoms with E-state index < -0.39 is 5.60 Å². The van der Waals surface area contributed by atoms with E-state index in [0.717, 1.165) is 42.7 Å². The summed E-state index contributed by atoms with van der Waals surface area (Å²) in [5, 5.41) is 3.00. The van der Waals surface area contributed by atoms with Crippen LogP contribution >= 0.6 is 0 Å². The smallest absolute Gasteiger partial charge is 0.410 e. The van der Waals surface area contributed by atoms with Crippen molar-refractivity contribution >= 4 is 12.0 Å². The number of carbonyl (C=O) groups excluding carboxylic acids is 2. The highest BCUT2D eigenvalue weighted by Gasteiger charge is 2.27. The number of hydrogen-bond donors (Lipinski definition) is 1. The molecular weight excluding hydrogens is 418 g/mol. The molecule has 2 heterocycles. The summed E-state index contributed by atoms with van der Waals surface area (Å²) in [6.07, 6.45) is 5.44. The van der Waals surface area contributed by atoms with Crippen molar-refractivity contribution in [1.29, 1.82) is 0 Å². The largest absolute Gasteiger partial charge is 0.492 e. The molecule has 4 rings (SSSR count). The van der Waals surface area contributed by atoms with Gasteiger partial charge in [-0.15, -0.1) is 0 Å². The van der Waals surface area contributed by atoms with Gasteiger partial charge < -0.3 is 19.7 Å².